The standard InChI is InChI=1S/C15H20N2O/c1-4-10-17(11-5-2)14-9-7-8-13(12-14)16-15(18)6-3/h4-5,7-12H,6H2,1-3H3,(H,16,18). The Balaban J connectivity index is 2.95. The molecule has 0 saturated heterocycles. The van der Waals surface area contributed by atoms with Gasteiger partial charge in [-0.25, -0.2) is 0 Å². The smallest absolute Gasteiger partial charge is 0.224 e. The van der Waals surface area contributed by atoms with Gasteiger partial charge in [-0.15, -0.1) is 0 Å². The highest BCUT2D eigenvalue weighted by atomic mass is 16.1. The van der Waals surface area contributed by atoms with Gasteiger partial charge in [-0.1, -0.05) is 25.1 Å². The fourth-order valence-electron chi connectivity index (χ4n) is 1.54. The van der Waals surface area contributed by atoms with E-state index in [1.54, 1.807) is 0 Å². The molecule has 1 aromatic rings. The zero-order chi connectivity index (χ0) is 13.4. The quantitative estimate of drug-likeness (QED) is 0.851. The van der Waals surface area contributed by atoms with Gasteiger partial charge in [-0.3, -0.25) is 4.79 Å². The molecular weight excluding hydrogens is 224 g/mol. The number of carbonyl (C=O) groups is 1. The summed E-state index contributed by atoms with van der Waals surface area (Å²) in [6.45, 7) is 5.78. The van der Waals surface area contributed by atoms with Crippen LogP contribution in [0.2, 0.25) is 0 Å². The summed E-state index contributed by atoms with van der Waals surface area (Å²) in [5, 5.41) is 2.86. The summed E-state index contributed by atoms with van der Waals surface area (Å²) in [4.78, 5) is 13.4. The Hall–Kier alpha value is -2.03. The van der Waals surface area contributed by atoms with E-state index < -0.39 is 0 Å². The fraction of sp³-hybridized carbons (Fsp3) is 0.267. The van der Waals surface area contributed by atoms with Crippen LogP contribution >= 0.6 is 0 Å². The van der Waals surface area contributed by atoms with Crippen LogP contribution in [0.5, 0.6) is 0 Å². The number of allylic oxidation sites excluding steroid dienone is 2. The molecular formula is C15H20N2O. The maximum absolute atomic E-state index is 11.4. The summed E-state index contributed by atoms with van der Waals surface area (Å²) in [7, 11) is 0. The minimum atomic E-state index is 0.0239. The minimum absolute atomic E-state index is 0.0239. The Labute approximate surface area is 109 Å². The van der Waals surface area contributed by atoms with E-state index >= 15 is 0 Å². The van der Waals surface area contributed by atoms with E-state index in [0.717, 1.165) is 11.4 Å². The van der Waals surface area contributed by atoms with E-state index in [9.17, 15) is 4.79 Å². The molecule has 0 spiro atoms. The highest BCUT2D eigenvalue weighted by molar-refractivity contribution is 5.91. The minimum Gasteiger partial charge on any atom is -0.326 e. The van der Waals surface area contributed by atoms with Gasteiger partial charge in [0.15, 0.2) is 0 Å². The van der Waals surface area contributed by atoms with E-state index in [2.05, 4.69) is 5.32 Å². The van der Waals surface area contributed by atoms with Crippen molar-refractivity contribution in [1.29, 1.82) is 0 Å². The lowest BCUT2D eigenvalue weighted by atomic mass is 10.2. The van der Waals surface area contributed by atoms with Gasteiger partial charge in [0, 0.05) is 30.2 Å². The lowest BCUT2D eigenvalue weighted by Crippen LogP contribution is -2.11. The first-order valence-corrected chi connectivity index (χ1v) is 6.15. The summed E-state index contributed by atoms with van der Waals surface area (Å²) >= 11 is 0. The van der Waals surface area contributed by atoms with E-state index in [1.807, 2.05) is 74.5 Å². The average molecular weight is 244 g/mol. The monoisotopic (exact) mass is 244 g/mol. The number of nitrogens with one attached hydrogen (secondary N) is 1. The van der Waals surface area contributed by atoms with Gasteiger partial charge in [0.05, 0.1) is 0 Å². The van der Waals surface area contributed by atoms with Gasteiger partial charge in [0.1, 0.15) is 0 Å². The second-order valence-corrected chi connectivity index (χ2v) is 3.82. The summed E-state index contributed by atoms with van der Waals surface area (Å²) < 4.78 is 0. The van der Waals surface area contributed by atoms with Crippen molar-refractivity contribution in [2.75, 3.05) is 10.2 Å². The summed E-state index contributed by atoms with van der Waals surface area (Å²) in [6, 6.07) is 7.77. The van der Waals surface area contributed by atoms with Gasteiger partial charge in [-0.05, 0) is 32.0 Å². The van der Waals surface area contributed by atoms with Crippen LogP contribution in [0, 0.1) is 0 Å². The molecule has 0 bridgehead atoms. The summed E-state index contributed by atoms with van der Waals surface area (Å²) in [6.07, 6.45) is 8.37. The van der Waals surface area contributed by atoms with Crippen LogP contribution in [0.1, 0.15) is 27.2 Å². The van der Waals surface area contributed by atoms with Crippen molar-refractivity contribution in [2.24, 2.45) is 0 Å². The zero-order valence-electron chi connectivity index (χ0n) is 11.2. The Bertz CT molecular complexity index is 438. The molecule has 3 nitrogen and oxygen atoms in total. The first kappa shape index (κ1) is 14.0. The highest BCUT2D eigenvalue weighted by Crippen LogP contribution is 2.20. The molecule has 0 aromatic heterocycles. The highest BCUT2D eigenvalue weighted by Gasteiger charge is 2.02. The first-order valence-electron chi connectivity index (χ1n) is 6.15. The average Bonchev–Trinajstić information content (AvgIpc) is 2.38. The van der Waals surface area contributed by atoms with Crippen LogP contribution in [0.15, 0.2) is 48.8 Å². The molecule has 3 heteroatoms. The molecule has 1 rings (SSSR count). The van der Waals surface area contributed by atoms with E-state index in [1.165, 1.54) is 0 Å². The molecule has 1 N–H and O–H groups in total. The molecule has 0 aliphatic heterocycles. The molecule has 0 atom stereocenters. The van der Waals surface area contributed by atoms with Crippen molar-refractivity contribution < 1.29 is 4.79 Å². The van der Waals surface area contributed by atoms with E-state index in [4.69, 9.17) is 0 Å². The van der Waals surface area contributed by atoms with Crippen molar-refractivity contribution in [3.05, 3.63) is 48.8 Å². The number of hydrogen-bond donors (Lipinski definition) is 1. The van der Waals surface area contributed by atoms with Crippen LogP contribution in [0.4, 0.5) is 11.4 Å². The zero-order valence-corrected chi connectivity index (χ0v) is 11.2. The van der Waals surface area contributed by atoms with Crippen LogP contribution in [0.3, 0.4) is 0 Å². The molecule has 0 heterocycles. The fourth-order valence-corrected chi connectivity index (χ4v) is 1.54. The summed E-state index contributed by atoms with van der Waals surface area (Å²) in [5.74, 6) is 0.0239. The Morgan fingerprint density at radius 3 is 2.50 bits per heavy atom. The number of benzene rings is 1. The lowest BCUT2D eigenvalue weighted by molar-refractivity contribution is -0.115. The van der Waals surface area contributed by atoms with Crippen molar-refractivity contribution in [1.82, 2.24) is 0 Å². The second-order valence-electron chi connectivity index (χ2n) is 3.82. The molecule has 0 fully saturated rings. The first-order chi connectivity index (χ1) is 8.71. The molecule has 0 aliphatic carbocycles. The molecule has 0 unspecified atom stereocenters. The van der Waals surface area contributed by atoms with Gasteiger partial charge >= 0.3 is 0 Å². The Morgan fingerprint density at radius 2 is 1.94 bits per heavy atom. The third kappa shape index (κ3) is 4.09. The predicted molar refractivity (Wildman–Crippen MR) is 77.5 cm³/mol. The van der Waals surface area contributed by atoms with E-state index in [0.29, 0.717) is 6.42 Å². The number of nitrogens with zero attached hydrogens (tertiary/aromatic N) is 1. The molecule has 1 amide bonds. The van der Waals surface area contributed by atoms with Gasteiger partial charge in [0.25, 0.3) is 0 Å². The largest absolute Gasteiger partial charge is 0.326 e. The Kier molecular flexibility index (Phi) is 5.71. The molecule has 96 valence electrons. The Morgan fingerprint density at radius 1 is 1.28 bits per heavy atom. The lowest BCUT2D eigenvalue weighted by Gasteiger charge is -2.16. The summed E-state index contributed by atoms with van der Waals surface area (Å²) in [5.41, 5.74) is 1.83. The number of anilines is 2. The maximum atomic E-state index is 11.4. The molecule has 18 heavy (non-hydrogen) atoms. The van der Waals surface area contributed by atoms with Crippen LogP contribution in [-0.4, -0.2) is 5.91 Å². The number of carbonyl (C=O) groups excluding carboxylic acids is 1. The second kappa shape index (κ2) is 7.33. The number of amides is 1. The van der Waals surface area contributed by atoms with Crippen molar-refractivity contribution >= 4 is 17.3 Å². The maximum Gasteiger partial charge on any atom is 0.224 e. The molecule has 1 aromatic carbocycles. The van der Waals surface area contributed by atoms with Gasteiger partial charge < -0.3 is 10.2 Å². The van der Waals surface area contributed by atoms with Crippen molar-refractivity contribution in [3.8, 4) is 0 Å². The van der Waals surface area contributed by atoms with Gasteiger partial charge in [-0.2, -0.15) is 0 Å². The predicted octanol–water partition coefficient (Wildman–Crippen LogP) is 3.91. The third-order valence-electron chi connectivity index (χ3n) is 2.37. The van der Waals surface area contributed by atoms with Crippen LogP contribution < -0.4 is 10.2 Å². The molecule has 0 saturated carbocycles. The molecule has 0 aliphatic rings. The van der Waals surface area contributed by atoms with Gasteiger partial charge in [0.2, 0.25) is 5.91 Å². The van der Waals surface area contributed by atoms with Crippen molar-refractivity contribution in [3.63, 3.8) is 0 Å². The SMILES string of the molecule is CC=CN(C=CC)c1cccc(NC(=O)CC)c1. The molecule has 0 radical (unpaired) electrons. The number of hydrogen-bond acceptors (Lipinski definition) is 2. The van der Waals surface area contributed by atoms with Crippen LogP contribution in [-0.2, 0) is 4.79 Å². The third-order valence-corrected chi connectivity index (χ3v) is 2.37. The van der Waals surface area contributed by atoms with Crippen molar-refractivity contribution in [2.45, 2.75) is 27.2 Å². The van der Waals surface area contributed by atoms with E-state index in [-0.39, 0.29) is 5.91 Å². The normalized spacial score (nSPS) is 11.1. The van der Waals surface area contributed by atoms with Crippen LogP contribution in [0.25, 0.3) is 0 Å². The number of rotatable bonds is 5. The topological polar surface area (TPSA) is 32.3 Å².